The number of thiophene rings is 1. The fourth-order valence-corrected chi connectivity index (χ4v) is 5.98. The molecule has 2 N–H and O–H groups in total. The number of nitroso groups, excluding NO2 is 1. The molecule has 2 aliphatic rings. The number of nitrogens with zero attached hydrogens (tertiary/aromatic N) is 2. The first kappa shape index (κ1) is 30.4. The molecule has 0 unspecified atom stereocenters. The first-order valence-electron chi connectivity index (χ1n) is 13.0. The van der Waals surface area contributed by atoms with Crippen LogP contribution in [0.5, 0.6) is 0 Å². The Morgan fingerprint density at radius 1 is 1.17 bits per heavy atom. The number of amides is 4. The molecule has 1 atom stereocenters. The minimum absolute atomic E-state index is 0.200. The van der Waals surface area contributed by atoms with Gasteiger partial charge in [0.1, 0.15) is 6.04 Å². The van der Waals surface area contributed by atoms with Gasteiger partial charge in [-0.3, -0.25) is 19.2 Å². The number of benzene rings is 1. The Bertz CT molecular complexity index is 1500. The number of carbonyl (C=O) groups excluding carboxylic acids is 4. The van der Waals surface area contributed by atoms with E-state index in [1.165, 1.54) is 17.4 Å². The van der Waals surface area contributed by atoms with E-state index in [4.69, 9.17) is 23.2 Å². The van der Waals surface area contributed by atoms with E-state index in [1.807, 2.05) is 30.5 Å². The second kappa shape index (κ2) is 13.8. The van der Waals surface area contributed by atoms with E-state index in [9.17, 15) is 24.1 Å². The minimum Gasteiger partial charge on any atom is -0.351 e. The number of nitrogens with one attached hydrogen (secondary N) is 2. The van der Waals surface area contributed by atoms with Crippen molar-refractivity contribution in [1.82, 2.24) is 15.5 Å². The van der Waals surface area contributed by atoms with Crippen LogP contribution in [-0.2, 0) is 19.2 Å². The van der Waals surface area contributed by atoms with Crippen molar-refractivity contribution in [2.45, 2.75) is 44.7 Å². The molecule has 4 rings (SSSR count). The number of carbonyl (C=O) groups is 4. The Kier molecular flexibility index (Phi) is 10.3. The molecule has 0 spiro atoms. The lowest BCUT2D eigenvalue weighted by Crippen LogP contribution is -2.53. The topological polar surface area (TPSA) is 125 Å². The van der Waals surface area contributed by atoms with Gasteiger partial charge in [0.15, 0.2) is 0 Å². The maximum Gasteiger partial charge on any atom is 0.288 e. The van der Waals surface area contributed by atoms with Crippen LogP contribution in [0.2, 0.25) is 10.0 Å². The molecule has 1 aromatic heterocycles. The van der Waals surface area contributed by atoms with Gasteiger partial charge in [-0.2, -0.15) is 0 Å². The van der Waals surface area contributed by atoms with Crippen molar-refractivity contribution in [3.05, 3.63) is 79.6 Å². The summed E-state index contributed by atoms with van der Waals surface area (Å²) < 4.78 is 0.892. The summed E-state index contributed by atoms with van der Waals surface area (Å²) in [4.78, 5) is 62.7. The predicted molar refractivity (Wildman–Crippen MR) is 162 cm³/mol. The molecule has 1 aliphatic carbocycles. The highest BCUT2D eigenvalue weighted by Gasteiger charge is 2.29. The van der Waals surface area contributed by atoms with Gasteiger partial charge >= 0.3 is 0 Å². The number of piperidine rings is 1. The summed E-state index contributed by atoms with van der Waals surface area (Å²) in [5.41, 5.74) is 2.03. The van der Waals surface area contributed by atoms with E-state index in [0.717, 1.165) is 15.7 Å². The summed E-state index contributed by atoms with van der Waals surface area (Å²) in [6, 6.07) is 2.26. The summed E-state index contributed by atoms with van der Waals surface area (Å²) in [7, 11) is 0. The zero-order chi connectivity index (χ0) is 29.5. The van der Waals surface area contributed by atoms with Crippen LogP contribution < -0.4 is 10.6 Å². The number of hydrogen-bond acceptors (Lipinski definition) is 6. The predicted octanol–water partition coefficient (Wildman–Crippen LogP) is 5.33. The molecule has 41 heavy (non-hydrogen) atoms. The first-order chi connectivity index (χ1) is 19.7. The van der Waals surface area contributed by atoms with E-state index in [-0.39, 0.29) is 11.9 Å². The number of likely N-dealkylation sites (tertiary alicyclic amines) is 1. The van der Waals surface area contributed by atoms with E-state index in [1.54, 1.807) is 29.2 Å². The van der Waals surface area contributed by atoms with Gasteiger partial charge in [0, 0.05) is 36.0 Å². The highest BCUT2D eigenvalue weighted by atomic mass is 35.5. The van der Waals surface area contributed by atoms with E-state index in [2.05, 4.69) is 15.8 Å². The average Bonchev–Trinajstić information content (AvgIpc) is 3.33. The lowest BCUT2D eigenvalue weighted by Gasteiger charge is -2.32. The van der Waals surface area contributed by atoms with Crippen LogP contribution in [0.4, 0.5) is 0 Å². The Balaban J connectivity index is 1.33. The second-order valence-electron chi connectivity index (χ2n) is 9.83. The van der Waals surface area contributed by atoms with Gasteiger partial charge in [0.2, 0.25) is 11.8 Å². The summed E-state index contributed by atoms with van der Waals surface area (Å²) in [6.07, 6.45) is 11.1. The normalized spacial score (nSPS) is 16.6. The van der Waals surface area contributed by atoms with Crippen LogP contribution in [0, 0.1) is 4.91 Å². The van der Waals surface area contributed by atoms with Gasteiger partial charge in [0.05, 0.1) is 21.2 Å². The van der Waals surface area contributed by atoms with E-state index >= 15 is 0 Å². The van der Waals surface area contributed by atoms with Gasteiger partial charge in [0.25, 0.3) is 11.8 Å². The molecular weight excluding hydrogens is 587 g/mol. The summed E-state index contributed by atoms with van der Waals surface area (Å²) in [5.74, 6) is -2.38. The Hall–Kier alpha value is -3.60. The highest BCUT2D eigenvalue weighted by molar-refractivity contribution is 7.18. The van der Waals surface area contributed by atoms with Crippen LogP contribution in [0.1, 0.15) is 38.2 Å². The third-order valence-corrected chi connectivity index (χ3v) is 8.80. The molecule has 1 fully saturated rings. The number of allylic oxidation sites excluding steroid dienone is 4. The molecule has 1 aromatic carbocycles. The van der Waals surface area contributed by atoms with Crippen LogP contribution in [0.25, 0.3) is 16.2 Å². The van der Waals surface area contributed by atoms with Crippen LogP contribution >= 0.6 is 34.5 Å². The summed E-state index contributed by atoms with van der Waals surface area (Å²) in [5, 5.41) is 11.5. The molecule has 9 nitrogen and oxygen atoms in total. The van der Waals surface area contributed by atoms with Crippen molar-refractivity contribution in [3.8, 4) is 0 Å². The Labute approximate surface area is 250 Å². The zero-order valence-electron chi connectivity index (χ0n) is 22.2. The lowest BCUT2D eigenvalue weighted by molar-refractivity contribution is -0.131. The Morgan fingerprint density at radius 2 is 1.93 bits per heavy atom. The Morgan fingerprint density at radius 3 is 2.66 bits per heavy atom. The van der Waals surface area contributed by atoms with Gasteiger partial charge < -0.3 is 15.5 Å². The molecular formula is C29H28Cl2N4O5S. The largest absolute Gasteiger partial charge is 0.351 e. The minimum atomic E-state index is -1.27. The fourth-order valence-electron chi connectivity index (χ4n) is 4.54. The summed E-state index contributed by atoms with van der Waals surface area (Å²) >= 11 is 14.3. The van der Waals surface area contributed by atoms with Gasteiger partial charge in [-0.15, -0.1) is 16.2 Å². The van der Waals surface area contributed by atoms with Crippen molar-refractivity contribution in [2.75, 3.05) is 13.1 Å². The summed E-state index contributed by atoms with van der Waals surface area (Å²) in [6.45, 7) is 2.71. The van der Waals surface area contributed by atoms with Crippen LogP contribution in [0.3, 0.4) is 0 Å². The maximum atomic E-state index is 13.0. The van der Waals surface area contributed by atoms with E-state index < -0.39 is 30.2 Å². The van der Waals surface area contributed by atoms with Crippen molar-refractivity contribution in [1.29, 1.82) is 0 Å². The smallest absolute Gasteiger partial charge is 0.288 e. The molecule has 12 heteroatoms. The molecule has 2 heterocycles. The quantitative estimate of drug-likeness (QED) is 0.307. The third-order valence-electron chi connectivity index (χ3n) is 6.86. The SMILES string of the molecule is CC1=CC=C(C(=O)N[C@@H](CC(=O)N=O)C(=O)NC2CCN(C(=O)/C=C/c3cc4ccsc4c(Cl)c3Cl)CC2)C=CC1. The fraction of sp³-hybridized carbons (Fsp3) is 0.310. The molecule has 4 amide bonds. The molecule has 1 saturated heterocycles. The number of fused-ring (bicyclic) bond motifs is 1. The maximum absolute atomic E-state index is 13.0. The van der Waals surface area contributed by atoms with Crippen molar-refractivity contribution in [2.24, 2.45) is 5.18 Å². The van der Waals surface area contributed by atoms with Crippen molar-refractivity contribution >= 4 is 74.3 Å². The monoisotopic (exact) mass is 614 g/mol. The molecule has 214 valence electrons. The van der Waals surface area contributed by atoms with Gasteiger partial charge in [-0.05, 0) is 66.8 Å². The molecule has 2 aromatic rings. The molecule has 0 bridgehead atoms. The molecule has 1 aliphatic heterocycles. The van der Waals surface area contributed by atoms with Gasteiger partial charge in [-0.1, -0.05) is 47.0 Å². The average molecular weight is 616 g/mol. The van der Waals surface area contributed by atoms with Crippen LogP contribution in [-0.4, -0.2) is 53.7 Å². The molecule has 0 saturated carbocycles. The highest BCUT2D eigenvalue weighted by Crippen LogP contribution is 2.37. The zero-order valence-corrected chi connectivity index (χ0v) is 24.5. The second-order valence-corrected chi connectivity index (χ2v) is 11.5. The van der Waals surface area contributed by atoms with Crippen molar-refractivity contribution < 1.29 is 19.2 Å². The number of hydrogen-bond donors (Lipinski definition) is 2. The van der Waals surface area contributed by atoms with Crippen LogP contribution in [0.15, 0.2) is 64.2 Å². The molecule has 0 radical (unpaired) electrons. The third kappa shape index (κ3) is 7.78. The first-order valence-corrected chi connectivity index (χ1v) is 14.6. The van der Waals surface area contributed by atoms with Gasteiger partial charge in [-0.25, -0.2) is 0 Å². The standard InChI is InChI=1S/C29H28Cl2N4O5S/c1-17-3-2-4-18(6-5-17)28(38)33-22(16-23(36)34-40)29(39)32-21-9-12-35(13-10-21)24(37)8-7-19-15-20-11-14-41-27(20)26(31)25(19)30/h2,4-8,11,14-15,21-22H,3,9-10,12-13,16H2,1H3,(H,32,39)(H,33,38)/b8-7+/t22-/m0/s1. The number of rotatable bonds is 8. The lowest BCUT2D eigenvalue weighted by atomic mass is 10.0. The van der Waals surface area contributed by atoms with Crippen molar-refractivity contribution in [3.63, 3.8) is 0 Å². The van der Waals surface area contributed by atoms with E-state index in [0.29, 0.717) is 53.5 Å². The number of halogens is 2.